The molecule has 0 spiro atoms. The number of esters is 1. The van der Waals surface area contributed by atoms with E-state index in [1.165, 1.54) is 0 Å². The Labute approximate surface area is 191 Å². The third-order valence-corrected chi connectivity index (χ3v) is 5.79. The minimum absolute atomic E-state index is 0.0464. The van der Waals surface area contributed by atoms with Gasteiger partial charge in [0.15, 0.2) is 0 Å². The van der Waals surface area contributed by atoms with Crippen molar-refractivity contribution >= 4 is 16.7 Å². The average Bonchev–Trinajstić information content (AvgIpc) is 2.82. The Morgan fingerprint density at radius 1 is 0.970 bits per heavy atom. The summed E-state index contributed by atoms with van der Waals surface area (Å²) in [6.07, 6.45) is 0. The highest BCUT2D eigenvalue weighted by Crippen LogP contribution is 2.45. The van der Waals surface area contributed by atoms with Gasteiger partial charge in [-0.2, -0.15) is 5.26 Å². The smallest absolute Gasteiger partial charge is 0.343 e. The molecule has 5 nitrogen and oxygen atoms in total. The summed E-state index contributed by atoms with van der Waals surface area (Å²) in [5, 5.41) is 12.0. The Morgan fingerprint density at radius 3 is 2.58 bits per heavy atom. The van der Waals surface area contributed by atoms with Gasteiger partial charge in [-0.3, -0.25) is 0 Å². The molecule has 0 amide bonds. The number of nitriles is 1. The van der Waals surface area contributed by atoms with E-state index in [1.54, 1.807) is 24.3 Å². The molecule has 0 bridgehead atoms. The van der Waals surface area contributed by atoms with Crippen LogP contribution in [0.4, 0.5) is 0 Å². The van der Waals surface area contributed by atoms with E-state index in [-0.39, 0.29) is 5.88 Å². The van der Waals surface area contributed by atoms with E-state index in [9.17, 15) is 10.1 Å². The van der Waals surface area contributed by atoms with E-state index >= 15 is 0 Å². The number of ether oxygens (including phenoxy) is 2. The van der Waals surface area contributed by atoms with Gasteiger partial charge in [0.1, 0.15) is 23.1 Å². The fraction of sp³-hybridized carbons (Fsp3) is 0.0714. The number of nitrogens with two attached hydrogens (primary N) is 1. The van der Waals surface area contributed by atoms with E-state index in [0.29, 0.717) is 22.6 Å². The maximum atomic E-state index is 12.6. The number of carbonyl (C=O) groups excluding carboxylic acids is 1. The van der Waals surface area contributed by atoms with Gasteiger partial charge in [0, 0.05) is 11.6 Å². The van der Waals surface area contributed by atoms with Crippen LogP contribution in [0.2, 0.25) is 0 Å². The molecule has 0 saturated carbocycles. The highest BCUT2D eigenvalue weighted by molar-refractivity contribution is 5.91. The number of hydrogen-bond donors (Lipinski definition) is 1. The Bertz CT molecular complexity index is 1480. The molecule has 2 N–H and O–H groups in total. The lowest BCUT2D eigenvalue weighted by Crippen LogP contribution is -2.21. The van der Waals surface area contributed by atoms with Crippen LogP contribution in [0.3, 0.4) is 0 Å². The topological polar surface area (TPSA) is 85.3 Å². The number of benzene rings is 4. The van der Waals surface area contributed by atoms with E-state index in [1.807, 2.05) is 67.6 Å². The van der Waals surface area contributed by atoms with Crippen molar-refractivity contribution in [2.75, 3.05) is 0 Å². The molecular formula is C28H20N2O3. The van der Waals surface area contributed by atoms with Crippen molar-refractivity contribution in [2.45, 2.75) is 12.8 Å². The second-order valence-corrected chi connectivity index (χ2v) is 7.95. The maximum absolute atomic E-state index is 12.6. The summed E-state index contributed by atoms with van der Waals surface area (Å²) in [5.74, 6) is -0.0122. The zero-order valence-electron chi connectivity index (χ0n) is 17.9. The summed E-state index contributed by atoms with van der Waals surface area (Å²) in [6.45, 7) is 1.92. The van der Waals surface area contributed by atoms with Gasteiger partial charge in [0.2, 0.25) is 5.88 Å². The normalized spacial score (nSPS) is 14.8. The van der Waals surface area contributed by atoms with Crippen molar-refractivity contribution in [1.29, 1.82) is 5.26 Å². The number of aryl methyl sites for hydroxylation is 1. The number of carbonyl (C=O) groups is 1. The van der Waals surface area contributed by atoms with Crippen molar-refractivity contribution in [2.24, 2.45) is 5.73 Å². The summed E-state index contributed by atoms with van der Waals surface area (Å²) in [7, 11) is 0. The van der Waals surface area contributed by atoms with Gasteiger partial charge in [-0.1, -0.05) is 66.2 Å². The molecule has 0 saturated heterocycles. The molecule has 160 valence electrons. The SMILES string of the molecule is Cc1cccc(C(=O)Oc2ccc3c(c2)OC(N)=C(C#N)C3c2cccc3ccccc23)c1. The second kappa shape index (κ2) is 8.18. The molecule has 5 rings (SSSR count). The van der Waals surface area contributed by atoms with Crippen molar-refractivity contribution in [3.63, 3.8) is 0 Å². The maximum Gasteiger partial charge on any atom is 0.343 e. The van der Waals surface area contributed by atoms with Crippen molar-refractivity contribution in [1.82, 2.24) is 0 Å². The van der Waals surface area contributed by atoms with E-state index < -0.39 is 11.9 Å². The van der Waals surface area contributed by atoms with Crippen molar-refractivity contribution < 1.29 is 14.3 Å². The third kappa shape index (κ3) is 3.68. The molecule has 0 radical (unpaired) electrons. The molecule has 4 aromatic rings. The molecule has 0 aromatic heterocycles. The van der Waals surface area contributed by atoms with Gasteiger partial charge in [0.25, 0.3) is 0 Å². The Morgan fingerprint density at radius 2 is 1.76 bits per heavy atom. The number of nitrogens with zero attached hydrogens (tertiary/aromatic N) is 1. The second-order valence-electron chi connectivity index (χ2n) is 7.95. The van der Waals surface area contributed by atoms with Gasteiger partial charge in [-0.05, 0) is 41.5 Å². The Kier molecular flexibility index (Phi) is 5.04. The van der Waals surface area contributed by atoms with Crippen LogP contribution >= 0.6 is 0 Å². The highest BCUT2D eigenvalue weighted by atomic mass is 16.5. The summed E-state index contributed by atoms with van der Waals surface area (Å²) < 4.78 is 11.4. The molecular weight excluding hydrogens is 412 g/mol. The van der Waals surface area contributed by atoms with Crippen LogP contribution in [0, 0.1) is 18.3 Å². The highest BCUT2D eigenvalue weighted by Gasteiger charge is 2.32. The quantitative estimate of drug-likeness (QED) is 0.337. The monoisotopic (exact) mass is 432 g/mol. The molecule has 1 aliphatic rings. The van der Waals surface area contributed by atoms with Crippen LogP contribution in [0.25, 0.3) is 10.8 Å². The van der Waals surface area contributed by atoms with Crippen LogP contribution in [0.1, 0.15) is 33.0 Å². The average molecular weight is 432 g/mol. The lowest BCUT2D eigenvalue weighted by Gasteiger charge is -2.27. The molecule has 1 unspecified atom stereocenters. The van der Waals surface area contributed by atoms with E-state index in [2.05, 4.69) is 6.07 Å². The first kappa shape index (κ1) is 20.3. The van der Waals surface area contributed by atoms with Gasteiger partial charge in [-0.25, -0.2) is 4.79 Å². The summed E-state index contributed by atoms with van der Waals surface area (Å²) >= 11 is 0. The number of fused-ring (bicyclic) bond motifs is 2. The van der Waals surface area contributed by atoms with Crippen LogP contribution in [-0.2, 0) is 0 Å². The number of allylic oxidation sites excluding steroid dienone is 1. The van der Waals surface area contributed by atoms with Crippen LogP contribution in [0.5, 0.6) is 11.5 Å². The third-order valence-electron chi connectivity index (χ3n) is 5.79. The standard InChI is InChI=1S/C28H20N2O3/c1-17-6-4-9-19(14-17)28(31)32-20-12-13-23-25(15-20)33-27(30)24(16-29)26(23)22-11-5-8-18-7-2-3-10-21(18)22/h2-15,26H,30H2,1H3. The van der Waals surface area contributed by atoms with Crippen molar-refractivity contribution in [3.8, 4) is 17.6 Å². The first-order valence-electron chi connectivity index (χ1n) is 10.5. The predicted molar refractivity (Wildman–Crippen MR) is 126 cm³/mol. The molecule has 1 atom stereocenters. The minimum Gasteiger partial charge on any atom is -0.440 e. The van der Waals surface area contributed by atoms with Crippen LogP contribution in [-0.4, -0.2) is 5.97 Å². The van der Waals surface area contributed by atoms with Gasteiger partial charge in [-0.15, -0.1) is 0 Å². The zero-order chi connectivity index (χ0) is 22.9. The molecule has 5 heteroatoms. The molecule has 33 heavy (non-hydrogen) atoms. The van der Waals surface area contributed by atoms with Crippen LogP contribution in [0.15, 0.2) is 96.4 Å². The molecule has 0 aliphatic carbocycles. The summed E-state index contributed by atoms with van der Waals surface area (Å²) in [4.78, 5) is 12.6. The zero-order valence-corrected chi connectivity index (χ0v) is 17.9. The van der Waals surface area contributed by atoms with Crippen LogP contribution < -0.4 is 15.2 Å². The summed E-state index contributed by atoms with van der Waals surface area (Å²) in [5.41, 5.74) is 9.69. The van der Waals surface area contributed by atoms with Crippen molar-refractivity contribution in [3.05, 3.63) is 119 Å². The first-order chi connectivity index (χ1) is 16.0. The molecule has 1 heterocycles. The fourth-order valence-electron chi connectivity index (χ4n) is 4.26. The first-order valence-corrected chi connectivity index (χ1v) is 10.5. The van der Waals surface area contributed by atoms with Gasteiger partial charge in [0.05, 0.1) is 11.5 Å². The molecule has 4 aromatic carbocycles. The summed E-state index contributed by atoms with van der Waals surface area (Å²) in [6, 6.07) is 28.6. The molecule has 0 fully saturated rings. The lowest BCUT2D eigenvalue weighted by molar-refractivity contribution is 0.0734. The number of rotatable bonds is 3. The lowest BCUT2D eigenvalue weighted by atomic mass is 9.81. The largest absolute Gasteiger partial charge is 0.440 e. The van der Waals surface area contributed by atoms with E-state index in [4.69, 9.17) is 15.2 Å². The van der Waals surface area contributed by atoms with Gasteiger partial charge < -0.3 is 15.2 Å². The van der Waals surface area contributed by atoms with Gasteiger partial charge >= 0.3 is 5.97 Å². The van der Waals surface area contributed by atoms with E-state index in [0.717, 1.165) is 27.5 Å². The fourth-order valence-corrected chi connectivity index (χ4v) is 4.26. The Hall–Kier alpha value is -4.56. The molecule has 1 aliphatic heterocycles. The minimum atomic E-state index is -0.457. The number of hydrogen-bond acceptors (Lipinski definition) is 5. The Balaban J connectivity index is 1.57. The predicted octanol–water partition coefficient (Wildman–Crippen LogP) is 5.59.